The molecule has 8 heteroatoms. The van der Waals surface area contributed by atoms with Gasteiger partial charge in [0.15, 0.2) is 5.96 Å². The minimum atomic E-state index is -1.12. The number of nitrogens with zero attached hydrogens (tertiary/aromatic N) is 1. The SMILES string of the molecule is N=C(N)Nc1ccc(C(=O)O)c(-c2ccc([N+](=O)[O-])cc2)c1. The zero-order chi connectivity index (χ0) is 16.3. The van der Waals surface area contributed by atoms with Gasteiger partial charge < -0.3 is 16.2 Å². The summed E-state index contributed by atoms with van der Waals surface area (Å²) in [5.41, 5.74) is 6.53. The Hall–Kier alpha value is -3.42. The molecule has 0 amide bonds. The molecule has 0 aliphatic heterocycles. The van der Waals surface area contributed by atoms with E-state index in [4.69, 9.17) is 11.1 Å². The van der Waals surface area contributed by atoms with Crippen LogP contribution in [0.15, 0.2) is 42.5 Å². The molecule has 2 aromatic carbocycles. The summed E-state index contributed by atoms with van der Waals surface area (Å²) in [4.78, 5) is 21.4. The number of nitrogens with two attached hydrogens (primary N) is 1. The molecule has 2 rings (SSSR count). The normalized spacial score (nSPS) is 10.0. The van der Waals surface area contributed by atoms with E-state index >= 15 is 0 Å². The quantitative estimate of drug-likeness (QED) is 0.295. The van der Waals surface area contributed by atoms with Gasteiger partial charge in [-0.2, -0.15) is 0 Å². The molecule has 0 aromatic heterocycles. The standard InChI is InChI=1S/C14H12N4O4/c15-14(16)17-9-3-6-11(13(19)20)12(7-9)8-1-4-10(5-2-8)18(21)22/h1-7H,(H,19,20)(H4,15,16,17). The maximum absolute atomic E-state index is 11.3. The topological polar surface area (TPSA) is 142 Å². The number of nitro benzene ring substituents is 1. The van der Waals surface area contributed by atoms with Gasteiger partial charge in [-0.3, -0.25) is 15.5 Å². The Morgan fingerprint density at radius 2 is 1.86 bits per heavy atom. The molecule has 0 spiro atoms. The van der Waals surface area contributed by atoms with Crippen LogP contribution in [0, 0.1) is 15.5 Å². The third-order valence-electron chi connectivity index (χ3n) is 2.92. The summed E-state index contributed by atoms with van der Waals surface area (Å²) in [5, 5.41) is 29.7. The monoisotopic (exact) mass is 300 g/mol. The van der Waals surface area contributed by atoms with Crippen LogP contribution >= 0.6 is 0 Å². The lowest BCUT2D eigenvalue weighted by molar-refractivity contribution is -0.384. The summed E-state index contributed by atoms with van der Waals surface area (Å²) in [6.07, 6.45) is 0. The molecule has 0 heterocycles. The second-order valence-corrected chi connectivity index (χ2v) is 4.41. The number of aromatic carboxylic acids is 1. The van der Waals surface area contributed by atoms with E-state index in [1.807, 2.05) is 0 Å². The van der Waals surface area contributed by atoms with Crippen molar-refractivity contribution in [2.24, 2.45) is 5.73 Å². The summed E-state index contributed by atoms with van der Waals surface area (Å²) in [5.74, 6) is -1.40. The molecule has 112 valence electrons. The number of rotatable bonds is 4. The van der Waals surface area contributed by atoms with Gasteiger partial charge in [-0.05, 0) is 41.5 Å². The number of nitro groups is 1. The lowest BCUT2D eigenvalue weighted by atomic mass is 9.98. The fourth-order valence-electron chi connectivity index (χ4n) is 1.97. The summed E-state index contributed by atoms with van der Waals surface area (Å²) < 4.78 is 0. The number of hydrogen-bond donors (Lipinski definition) is 4. The van der Waals surface area contributed by atoms with Gasteiger partial charge >= 0.3 is 5.97 Å². The predicted molar refractivity (Wildman–Crippen MR) is 81.0 cm³/mol. The van der Waals surface area contributed by atoms with Gasteiger partial charge in [0.25, 0.3) is 5.69 Å². The molecule has 5 N–H and O–H groups in total. The smallest absolute Gasteiger partial charge is 0.336 e. The predicted octanol–water partition coefficient (Wildman–Crippen LogP) is 2.27. The van der Waals surface area contributed by atoms with Crippen molar-refractivity contribution < 1.29 is 14.8 Å². The Labute approximate surface area is 124 Å². The van der Waals surface area contributed by atoms with Gasteiger partial charge in [-0.25, -0.2) is 4.79 Å². The number of carbonyl (C=O) groups is 1. The first-order chi connectivity index (χ1) is 10.4. The van der Waals surface area contributed by atoms with Crippen LogP contribution in [-0.2, 0) is 0 Å². The minimum Gasteiger partial charge on any atom is -0.478 e. The molecule has 0 radical (unpaired) electrons. The fraction of sp³-hybridized carbons (Fsp3) is 0. The van der Waals surface area contributed by atoms with E-state index < -0.39 is 10.9 Å². The van der Waals surface area contributed by atoms with E-state index in [2.05, 4.69) is 5.32 Å². The molecule has 0 aliphatic rings. The maximum Gasteiger partial charge on any atom is 0.336 e. The number of non-ortho nitro benzene ring substituents is 1. The van der Waals surface area contributed by atoms with Gasteiger partial charge in [-0.1, -0.05) is 0 Å². The molecule has 0 unspecified atom stereocenters. The Morgan fingerprint density at radius 1 is 1.23 bits per heavy atom. The minimum absolute atomic E-state index is 0.0444. The van der Waals surface area contributed by atoms with Gasteiger partial charge in [0, 0.05) is 17.8 Å². The number of benzene rings is 2. The number of nitrogens with one attached hydrogen (secondary N) is 2. The summed E-state index contributed by atoms with van der Waals surface area (Å²) in [6, 6.07) is 9.92. The lowest BCUT2D eigenvalue weighted by Crippen LogP contribution is -2.20. The summed E-state index contributed by atoms with van der Waals surface area (Å²) >= 11 is 0. The molecule has 0 bridgehead atoms. The molecule has 8 nitrogen and oxygen atoms in total. The van der Waals surface area contributed by atoms with Crippen LogP contribution in [0.1, 0.15) is 10.4 Å². The largest absolute Gasteiger partial charge is 0.478 e. The van der Waals surface area contributed by atoms with Crippen LogP contribution in [0.2, 0.25) is 0 Å². The van der Waals surface area contributed by atoms with Gasteiger partial charge in [0.05, 0.1) is 10.5 Å². The van der Waals surface area contributed by atoms with Crippen LogP contribution in [0.25, 0.3) is 11.1 Å². The molecule has 22 heavy (non-hydrogen) atoms. The number of carboxylic acid groups (broad SMARTS) is 1. The third kappa shape index (κ3) is 3.18. The van der Waals surface area contributed by atoms with Crippen molar-refractivity contribution in [3.05, 3.63) is 58.1 Å². The van der Waals surface area contributed by atoms with Crippen LogP contribution in [0.3, 0.4) is 0 Å². The Morgan fingerprint density at radius 3 is 2.36 bits per heavy atom. The maximum atomic E-state index is 11.3. The Kier molecular flexibility index (Phi) is 4.03. The Balaban J connectivity index is 2.52. The van der Waals surface area contributed by atoms with E-state index in [1.165, 1.54) is 42.5 Å². The van der Waals surface area contributed by atoms with Gasteiger partial charge in [-0.15, -0.1) is 0 Å². The van der Waals surface area contributed by atoms with Crippen molar-refractivity contribution in [2.75, 3.05) is 5.32 Å². The molecule has 0 atom stereocenters. The average Bonchev–Trinajstić information content (AvgIpc) is 2.46. The summed E-state index contributed by atoms with van der Waals surface area (Å²) in [7, 11) is 0. The molecule has 2 aromatic rings. The van der Waals surface area contributed by atoms with Crippen LogP contribution < -0.4 is 11.1 Å². The highest BCUT2D eigenvalue weighted by Crippen LogP contribution is 2.28. The van der Waals surface area contributed by atoms with E-state index in [0.717, 1.165) is 0 Å². The van der Waals surface area contributed by atoms with Crippen molar-refractivity contribution in [3.63, 3.8) is 0 Å². The van der Waals surface area contributed by atoms with E-state index in [0.29, 0.717) is 16.8 Å². The number of carboxylic acids is 1. The van der Waals surface area contributed by atoms with Crippen LogP contribution in [0.5, 0.6) is 0 Å². The highest BCUT2D eigenvalue weighted by atomic mass is 16.6. The Bertz CT molecular complexity index is 756. The highest BCUT2D eigenvalue weighted by Gasteiger charge is 2.14. The lowest BCUT2D eigenvalue weighted by Gasteiger charge is -2.10. The van der Waals surface area contributed by atoms with E-state index in [-0.39, 0.29) is 17.2 Å². The molecule has 0 saturated carbocycles. The van der Waals surface area contributed by atoms with Crippen molar-refractivity contribution in [1.29, 1.82) is 5.41 Å². The zero-order valence-corrected chi connectivity index (χ0v) is 11.2. The van der Waals surface area contributed by atoms with Crippen molar-refractivity contribution >= 4 is 23.3 Å². The van der Waals surface area contributed by atoms with Crippen molar-refractivity contribution in [2.45, 2.75) is 0 Å². The number of guanidine groups is 1. The number of anilines is 1. The molecule has 0 saturated heterocycles. The molecular weight excluding hydrogens is 288 g/mol. The van der Waals surface area contributed by atoms with Crippen molar-refractivity contribution in [1.82, 2.24) is 0 Å². The van der Waals surface area contributed by atoms with Gasteiger partial charge in [0.1, 0.15) is 0 Å². The van der Waals surface area contributed by atoms with E-state index in [1.54, 1.807) is 0 Å². The first-order valence-corrected chi connectivity index (χ1v) is 6.11. The second-order valence-electron chi connectivity index (χ2n) is 4.41. The van der Waals surface area contributed by atoms with E-state index in [9.17, 15) is 20.0 Å². The van der Waals surface area contributed by atoms with Gasteiger partial charge in [0.2, 0.25) is 0 Å². The molecule has 0 aliphatic carbocycles. The summed E-state index contributed by atoms with van der Waals surface area (Å²) in [6.45, 7) is 0. The first kappa shape index (κ1) is 15.0. The average molecular weight is 300 g/mol. The number of hydrogen-bond acceptors (Lipinski definition) is 4. The van der Waals surface area contributed by atoms with Crippen LogP contribution in [-0.4, -0.2) is 22.0 Å². The first-order valence-electron chi connectivity index (χ1n) is 6.11. The fourth-order valence-corrected chi connectivity index (χ4v) is 1.97. The molecular formula is C14H12N4O4. The second kappa shape index (κ2) is 5.92. The third-order valence-corrected chi connectivity index (χ3v) is 2.92. The van der Waals surface area contributed by atoms with Crippen LogP contribution in [0.4, 0.5) is 11.4 Å². The molecule has 0 fully saturated rings. The zero-order valence-electron chi connectivity index (χ0n) is 11.2. The van der Waals surface area contributed by atoms with Crippen molar-refractivity contribution in [3.8, 4) is 11.1 Å². The highest BCUT2D eigenvalue weighted by molar-refractivity contribution is 5.98.